The zero-order chi connectivity index (χ0) is 20.8. The van der Waals surface area contributed by atoms with Crippen LogP contribution in [0.1, 0.15) is 24.6 Å². The molecule has 154 valence electrons. The molecule has 2 aromatic carbocycles. The minimum atomic E-state index is 0.341. The van der Waals surface area contributed by atoms with Gasteiger partial charge in [0.25, 0.3) is 0 Å². The van der Waals surface area contributed by atoms with Gasteiger partial charge in [-0.25, -0.2) is 0 Å². The summed E-state index contributed by atoms with van der Waals surface area (Å²) in [6, 6.07) is 20.3. The highest BCUT2D eigenvalue weighted by Gasteiger charge is 2.24. The molecule has 0 unspecified atom stereocenters. The fourth-order valence-electron chi connectivity index (χ4n) is 3.59. The van der Waals surface area contributed by atoms with Gasteiger partial charge in [0.1, 0.15) is 11.8 Å². The molecule has 3 aromatic rings. The zero-order valence-corrected chi connectivity index (χ0v) is 17.3. The van der Waals surface area contributed by atoms with E-state index in [1.807, 2.05) is 30.3 Å². The number of hydrogen-bond acceptors (Lipinski definition) is 6. The number of aromatic nitrogens is 1. The van der Waals surface area contributed by atoms with Gasteiger partial charge >= 0.3 is 0 Å². The second kappa shape index (κ2) is 9.47. The summed E-state index contributed by atoms with van der Waals surface area (Å²) in [4.78, 5) is 8.97. The Kier molecular flexibility index (Phi) is 6.31. The molecule has 1 aromatic heterocycles. The minimum Gasteiger partial charge on any atom is -0.494 e. The van der Waals surface area contributed by atoms with Crippen LogP contribution in [0.5, 0.6) is 5.75 Å². The van der Waals surface area contributed by atoms with E-state index in [4.69, 9.17) is 9.15 Å². The number of anilines is 1. The van der Waals surface area contributed by atoms with Gasteiger partial charge in [-0.3, -0.25) is 4.90 Å². The first kappa shape index (κ1) is 20.0. The van der Waals surface area contributed by atoms with Crippen molar-refractivity contribution >= 4 is 5.88 Å². The molecule has 1 aliphatic heterocycles. The second-order valence-corrected chi connectivity index (χ2v) is 7.41. The molecule has 0 atom stereocenters. The third-order valence-corrected chi connectivity index (χ3v) is 5.20. The van der Waals surface area contributed by atoms with Gasteiger partial charge in [0.2, 0.25) is 17.5 Å². The van der Waals surface area contributed by atoms with E-state index in [0.717, 1.165) is 50.5 Å². The predicted molar refractivity (Wildman–Crippen MR) is 116 cm³/mol. The molecule has 30 heavy (non-hydrogen) atoms. The lowest BCUT2D eigenvalue weighted by molar-refractivity contribution is 0.246. The SMILES string of the molecule is CCCOc1ccc(-c2nc(C#N)c(N3CCN(Cc4ccccc4)CC3)o2)cc1. The summed E-state index contributed by atoms with van der Waals surface area (Å²) in [7, 11) is 0. The van der Waals surface area contributed by atoms with Crippen molar-refractivity contribution in [2.45, 2.75) is 19.9 Å². The van der Waals surface area contributed by atoms with Crippen LogP contribution in [0.15, 0.2) is 59.0 Å². The fourth-order valence-corrected chi connectivity index (χ4v) is 3.59. The first-order chi connectivity index (χ1) is 14.8. The van der Waals surface area contributed by atoms with Crippen LogP contribution >= 0.6 is 0 Å². The van der Waals surface area contributed by atoms with Crippen molar-refractivity contribution in [2.24, 2.45) is 0 Å². The van der Waals surface area contributed by atoms with Crippen molar-refractivity contribution in [1.29, 1.82) is 5.26 Å². The number of hydrogen-bond donors (Lipinski definition) is 0. The van der Waals surface area contributed by atoms with Crippen molar-refractivity contribution in [3.8, 4) is 23.3 Å². The minimum absolute atomic E-state index is 0.341. The maximum atomic E-state index is 9.57. The largest absolute Gasteiger partial charge is 0.494 e. The van der Waals surface area contributed by atoms with Gasteiger partial charge in [0.05, 0.1) is 6.61 Å². The van der Waals surface area contributed by atoms with Crippen LogP contribution in [0.25, 0.3) is 11.5 Å². The van der Waals surface area contributed by atoms with Gasteiger partial charge in [0, 0.05) is 38.3 Å². The highest BCUT2D eigenvalue weighted by atomic mass is 16.5. The Hall–Kier alpha value is -3.30. The Morgan fingerprint density at radius 1 is 1.03 bits per heavy atom. The number of benzene rings is 2. The lowest BCUT2D eigenvalue weighted by Gasteiger charge is -2.34. The maximum Gasteiger partial charge on any atom is 0.235 e. The van der Waals surface area contributed by atoms with E-state index in [2.05, 4.69) is 52.0 Å². The topological polar surface area (TPSA) is 65.5 Å². The molecule has 0 bridgehead atoms. The molecule has 0 spiro atoms. The van der Waals surface area contributed by atoms with E-state index >= 15 is 0 Å². The molecule has 0 saturated carbocycles. The summed E-state index contributed by atoms with van der Waals surface area (Å²) in [5.41, 5.74) is 2.49. The molecular formula is C24H26N4O2. The maximum absolute atomic E-state index is 9.57. The van der Waals surface area contributed by atoms with Crippen LogP contribution in [0, 0.1) is 11.3 Å². The Bertz CT molecular complexity index is 984. The summed E-state index contributed by atoms with van der Waals surface area (Å²) in [5.74, 6) is 1.86. The number of piperazine rings is 1. The van der Waals surface area contributed by atoms with E-state index in [1.54, 1.807) is 0 Å². The molecule has 4 rings (SSSR count). The highest BCUT2D eigenvalue weighted by molar-refractivity contribution is 5.60. The summed E-state index contributed by atoms with van der Waals surface area (Å²) < 4.78 is 11.7. The third-order valence-electron chi connectivity index (χ3n) is 5.20. The Balaban J connectivity index is 1.43. The van der Waals surface area contributed by atoms with Crippen molar-refractivity contribution in [3.63, 3.8) is 0 Å². The molecule has 1 fully saturated rings. The van der Waals surface area contributed by atoms with Gasteiger partial charge in [-0.05, 0) is 36.2 Å². The smallest absolute Gasteiger partial charge is 0.235 e. The monoisotopic (exact) mass is 402 g/mol. The Morgan fingerprint density at radius 3 is 2.43 bits per heavy atom. The molecule has 1 saturated heterocycles. The molecule has 6 nitrogen and oxygen atoms in total. The lowest BCUT2D eigenvalue weighted by atomic mass is 10.2. The Labute approximate surface area is 177 Å². The summed E-state index contributed by atoms with van der Waals surface area (Å²) in [5, 5.41) is 9.57. The number of rotatable bonds is 7. The quantitative estimate of drug-likeness (QED) is 0.586. The highest BCUT2D eigenvalue weighted by Crippen LogP contribution is 2.30. The van der Waals surface area contributed by atoms with Crippen LogP contribution in [0.2, 0.25) is 0 Å². The van der Waals surface area contributed by atoms with Crippen LogP contribution in [0.4, 0.5) is 5.88 Å². The standard InChI is InChI=1S/C24H26N4O2/c1-2-16-29-21-10-8-20(9-11-21)23-26-22(17-25)24(30-23)28-14-12-27(13-15-28)18-19-6-4-3-5-7-19/h3-11H,2,12-16,18H2,1H3. The summed E-state index contributed by atoms with van der Waals surface area (Å²) in [6.45, 7) is 7.15. The molecule has 0 amide bonds. The molecule has 0 aliphatic carbocycles. The second-order valence-electron chi connectivity index (χ2n) is 7.41. The van der Waals surface area contributed by atoms with Crippen molar-refractivity contribution < 1.29 is 9.15 Å². The lowest BCUT2D eigenvalue weighted by Crippen LogP contribution is -2.46. The molecule has 1 aliphatic rings. The van der Waals surface area contributed by atoms with Crippen LogP contribution < -0.4 is 9.64 Å². The van der Waals surface area contributed by atoms with Gasteiger partial charge in [-0.1, -0.05) is 37.3 Å². The number of oxazole rings is 1. The molecular weight excluding hydrogens is 376 g/mol. The fraction of sp³-hybridized carbons (Fsp3) is 0.333. The van der Waals surface area contributed by atoms with Gasteiger partial charge in [-0.15, -0.1) is 0 Å². The normalized spacial score (nSPS) is 14.5. The first-order valence-electron chi connectivity index (χ1n) is 10.4. The van der Waals surface area contributed by atoms with Gasteiger partial charge in [0.15, 0.2) is 0 Å². The van der Waals surface area contributed by atoms with E-state index in [0.29, 0.717) is 24.1 Å². The van der Waals surface area contributed by atoms with Crippen LogP contribution in [-0.4, -0.2) is 42.7 Å². The Morgan fingerprint density at radius 2 is 1.77 bits per heavy atom. The van der Waals surface area contributed by atoms with E-state index in [1.165, 1.54) is 5.56 Å². The van der Waals surface area contributed by atoms with Gasteiger partial charge < -0.3 is 14.1 Å². The average Bonchev–Trinajstić information content (AvgIpc) is 3.24. The summed E-state index contributed by atoms with van der Waals surface area (Å²) in [6.07, 6.45) is 0.967. The van der Waals surface area contributed by atoms with E-state index in [9.17, 15) is 5.26 Å². The molecule has 0 radical (unpaired) electrons. The van der Waals surface area contributed by atoms with Gasteiger partial charge in [-0.2, -0.15) is 10.2 Å². The third kappa shape index (κ3) is 4.64. The number of nitriles is 1. The van der Waals surface area contributed by atoms with Crippen molar-refractivity contribution in [2.75, 3.05) is 37.7 Å². The average molecular weight is 402 g/mol. The van der Waals surface area contributed by atoms with E-state index < -0.39 is 0 Å². The van der Waals surface area contributed by atoms with Crippen molar-refractivity contribution in [1.82, 2.24) is 9.88 Å². The molecule has 2 heterocycles. The molecule has 6 heteroatoms. The molecule has 0 N–H and O–H groups in total. The van der Waals surface area contributed by atoms with Crippen LogP contribution in [0.3, 0.4) is 0 Å². The zero-order valence-electron chi connectivity index (χ0n) is 17.3. The van der Waals surface area contributed by atoms with E-state index in [-0.39, 0.29) is 0 Å². The number of nitrogens with zero attached hydrogens (tertiary/aromatic N) is 4. The van der Waals surface area contributed by atoms with Crippen LogP contribution in [-0.2, 0) is 6.54 Å². The number of ether oxygens (including phenoxy) is 1. The predicted octanol–water partition coefficient (Wildman–Crippen LogP) is 4.32. The summed E-state index contributed by atoms with van der Waals surface area (Å²) >= 11 is 0. The van der Waals surface area contributed by atoms with Crippen molar-refractivity contribution in [3.05, 3.63) is 65.9 Å². The first-order valence-corrected chi connectivity index (χ1v) is 10.4.